The van der Waals surface area contributed by atoms with E-state index in [0.29, 0.717) is 17.9 Å². The van der Waals surface area contributed by atoms with Crippen molar-refractivity contribution in [2.45, 2.75) is 33.1 Å². The van der Waals surface area contributed by atoms with Crippen LogP contribution < -0.4 is 9.64 Å². The second-order valence-corrected chi connectivity index (χ2v) is 7.20. The number of ketones is 1. The van der Waals surface area contributed by atoms with Crippen LogP contribution in [-0.2, 0) is 9.59 Å². The van der Waals surface area contributed by atoms with Crippen LogP contribution in [0.4, 0.5) is 5.69 Å². The summed E-state index contributed by atoms with van der Waals surface area (Å²) in [7, 11) is 0. The maximum atomic E-state index is 12.5. The molecule has 0 saturated heterocycles. The van der Waals surface area contributed by atoms with Crippen molar-refractivity contribution in [1.29, 1.82) is 0 Å². The van der Waals surface area contributed by atoms with E-state index >= 15 is 0 Å². The third-order valence-corrected chi connectivity index (χ3v) is 5.18. The van der Waals surface area contributed by atoms with Crippen molar-refractivity contribution in [3.05, 3.63) is 65.3 Å². The van der Waals surface area contributed by atoms with E-state index in [2.05, 4.69) is 35.3 Å². The molecule has 0 aromatic heterocycles. The Hall–Kier alpha value is -3.08. The predicted octanol–water partition coefficient (Wildman–Crippen LogP) is 4.56. The molecule has 0 spiro atoms. The van der Waals surface area contributed by atoms with E-state index in [9.17, 15) is 9.59 Å². The number of ether oxygens (including phenoxy) is 1. The van der Waals surface area contributed by atoms with Gasteiger partial charge in [-0.15, -0.1) is 0 Å². The summed E-state index contributed by atoms with van der Waals surface area (Å²) in [6.07, 6.45) is 13.2. The number of fused-ring (bicyclic) bond motifs is 1. The number of hydrogen-bond acceptors (Lipinski definition) is 4. The minimum absolute atomic E-state index is 0.0197. The van der Waals surface area contributed by atoms with Crippen LogP contribution in [0.3, 0.4) is 0 Å². The Morgan fingerprint density at radius 2 is 2.07 bits per heavy atom. The van der Waals surface area contributed by atoms with E-state index < -0.39 is 12.6 Å². The van der Waals surface area contributed by atoms with E-state index in [4.69, 9.17) is 9.84 Å². The lowest BCUT2D eigenvalue weighted by Crippen LogP contribution is -2.32. The Morgan fingerprint density at radius 1 is 1.24 bits per heavy atom. The van der Waals surface area contributed by atoms with Gasteiger partial charge in [-0.2, -0.15) is 0 Å². The Kier molecular flexibility index (Phi) is 6.70. The summed E-state index contributed by atoms with van der Waals surface area (Å²) in [4.78, 5) is 25.8. The van der Waals surface area contributed by atoms with Gasteiger partial charge in [0.2, 0.25) is 0 Å². The van der Waals surface area contributed by atoms with Crippen molar-refractivity contribution in [3.63, 3.8) is 0 Å². The van der Waals surface area contributed by atoms with E-state index in [1.54, 1.807) is 13.0 Å². The topological polar surface area (TPSA) is 66.8 Å². The quantitative estimate of drug-likeness (QED) is 0.702. The highest BCUT2D eigenvalue weighted by Gasteiger charge is 2.29. The molecule has 5 nitrogen and oxygen atoms in total. The first-order valence-electron chi connectivity index (χ1n) is 9.99. The summed E-state index contributed by atoms with van der Waals surface area (Å²) in [5.74, 6) is -0.615. The number of aliphatic carboxylic acids is 1. The van der Waals surface area contributed by atoms with Gasteiger partial charge >= 0.3 is 5.97 Å². The molecule has 1 aromatic carbocycles. The lowest BCUT2D eigenvalue weighted by atomic mass is 9.88. The van der Waals surface area contributed by atoms with Gasteiger partial charge < -0.3 is 14.7 Å². The molecule has 0 radical (unpaired) electrons. The Bertz CT molecular complexity index is 921. The molecule has 152 valence electrons. The molecular weight excluding hydrogens is 366 g/mol. The largest absolute Gasteiger partial charge is 0.481 e. The zero-order chi connectivity index (χ0) is 20.8. The predicted molar refractivity (Wildman–Crippen MR) is 115 cm³/mol. The summed E-state index contributed by atoms with van der Waals surface area (Å²) in [5, 5.41) is 9.02. The van der Waals surface area contributed by atoms with Crippen LogP contribution in [0.25, 0.3) is 5.57 Å². The fraction of sp³-hybridized carbons (Fsp3) is 0.333. The van der Waals surface area contributed by atoms with E-state index in [-0.39, 0.29) is 5.78 Å². The maximum Gasteiger partial charge on any atom is 0.341 e. The molecule has 0 fully saturated rings. The first kappa shape index (κ1) is 20.6. The van der Waals surface area contributed by atoms with Crippen LogP contribution >= 0.6 is 0 Å². The zero-order valence-electron chi connectivity index (χ0n) is 17.0. The first-order valence-corrected chi connectivity index (χ1v) is 9.99. The number of carboxylic acids is 1. The van der Waals surface area contributed by atoms with E-state index in [1.165, 1.54) is 5.57 Å². The molecule has 2 aliphatic rings. The number of hydrogen-bond donors (Lipinski definition) is 1. The minimum Gasteiger partial charge on any atom is -0.481 e. The molecule has 3 rings (SSSR count). The second kappa shape index (κ2) is 9.41. The van der Waals surface area contributed by atoms with Crippen molar-refractivity contribution in [2.75, 3.05) is 24.6 Å². The highest BCUT2D eigenvalue weighted by Crippen LogP contribution is 2.42. The third-order valence-electron chi connectivity index (χ3n) is 5.18. The maximum absolute atomic E-state index is 12.5. The monoisotopic (exact) mass is 393 g/mol. The van der Waals surface area contributed by atoms with E-state index in [1.807, 2.05) is 19.1 Å². The van der Waals surface area contributed by atoms with Gasteiger partial charge in [-0.1, -0.05) is 43.4 Å². The number of anilines is 1. The highest BCUT2D eigenvalue weighted by atomic mass is 16.5. The summed E-state index contributed by atoms with van der Waals surface area (Å²) in [6, 6.07) is 5.57. The van der Waals surface area contributed by atoms with Gasteiger partial charge in [-0.05, 0) is 49.5 Å². The number of nitrogens with zero attached hydrogens (tertiary/aromatic N) is 1. The minimum atomic E-state index is -1.04. The van der Waals surface area contributed by atoms with Crippen molar-refractivity contribution < 1.29 is 19.4 Å². The van der Waals surface area contributed by atoms with Crippen LogP contribution in [0.2, 0.25) is 0 Å². The average Bonchev–Trinajstić information content (AvgIpc) is 2.98. The number of carbonyl (C=O) groups excluding carboxylic acids is 1. The van der Waals surface area contributed by atoms with Crippen molar-refractivity contribution in [3.8, 4) is 5.75 Å². The van der Waals surface area contributed by atoms with E-state index in [0.717, 1.165) is 42.6 Å². The summed E-state index contributed by atoms with van der Waals surface area (Å²) >= 11 is 0. The van der Waals surface area contributed by atoms with Gasteiger partial charge in [0, 0.05) is 24.4 Å². The van der Waals surface area contributed by atoms with Crippen LogP contribution in [-0.4, -0.2) is 36.6 Å². The molecule has 0 saturated carbocycles. The first-order chi connectivity index (χ1) is 14.0. The normalized spacial score (nSPS) is 15.7. The second-order valence-electron chi connectivity index (χ2n) is 7.20. The molecule has 0 bridgehead atoms. The molecular formula is C24H27NO4. The lowest BCUT2D eigenvalue weighted by Gasteiger charge is -2.35. The SMILES string of the molecule is CCC1=C(C(C)=O)c2c(OCC(=O)O)cccc2N(CCC2=CC=CCC=C2)C1. The number of allylic oxidation sites excluding steroid dienone is 6. The molecule has 1 N–H and O–H groups in total. The number of benzene rings is 1. The molecule has 1 aliphatic carbocycles. The van der Waals surface area contributed by atoms with Gasteiger partial charge in [-0.25, -0.2) is 4.79 Å². The Labute approximate surface area is 171 Å². The molecule has 1 aromatic rings. The number of rotatable bonds is 8. The molecule has 0 unspecified atom stereocenters. The molecule has 5 heteroatoms. The van der Waals surface area contributed by atoms with Gasteiger partial charge in [0.15, 0.2) is 12.4 Å². The van der Waals surface area contributed by atoms with Crippen molar-refractivity contribution in [2.24, 2.45) is 0 Å². The van der Waals surface area contributed by atoms with Gasteiger partial charge in [0.25, 0.3) is 0 Å². The fourth-order valence-electron chi connectivity index (χ4n) is 3.83. The molecule has 29 heavy (non-hydrogen) atoms. The highest BCUT2D eigenvalue weighted by molar-refractivity contribution is 6.23. The average molecular weight is 393 g/mol. The van der Waals surface area contributed by atoms with Gasteiger partial charge in [0.1, 0.15) is 5.75 Å². The fourth-order valence-corrected chi connectivity index (χ4v) is 3.83. The smallest absolute Gasteiger partial charge is 0.341 e. The summed E-state index contributed by atoms with van der Waals surface area (Å²) < 4.78 is 5.55. The summed E-state index contributed by atoms with van der Waals surface area (Å²) in [6.45, 7) is 4.66. The van der Waals surface area contributed by atoms with Crippen LogP contribution in [0.5, 0.6) is 5.75 Å². The Balaban J connectivity index is 1.97. The molecule has 0 atom stereocenters. The van der Waals surface area contributed by atoms with Crippen molar-refractivity contribution in [1.82, 2.24) is 0 Å². The van der Waals surface area contributed by atoms with Crippen LogP contribution in [0.1, 0.15) is 38.7 Å². The molecule has 1 aliphatic heterocycles. The van der Waals surface area contributed by atoms with Gasteiger partial charge in [0.05, 0.1) is 5.56 Å². The number of Topliss-reactive ketones (excluding diaryl/α,β-unsaturated/α-hetero) is 1. The third kappa shape index (κ3) is 4.86. The molecule has 0 amide bonds. The van der Waals surface area contributed by atoms with Crippen LogP contribution in [0.15, 0.2) is 59.7 Å². The van der Waals surface area contributed by atoms with Crippen LogP contribution in [0, 0.1) is 0 Å². The van der Waals surface area contributed by atoms with Crippen molar-refractivity contribution >= 4 is 23.0 Å². The summed E-state index contributed by atoms with van der Waals surface area (Å²) in [5.41, 5.74) is 4.62. The standard InChI is InChI=1S/C24H27NO4/c1-3-19-15-25(14-13-18-9-6-4-5-7-10-18)20-11-8-12-21(29-16-22(27)28)24(20)23(19)17(2)26/h4,6-12H,3,5,13-16H2,1-2H3,(H,27,28). The number of carbonyl (C=O) groups is 2. The molecule has 1 heterocycles. The van der Waals surface area contributed by atoms with Gasteiger partial charge in [-0.3, -0.25) is 4.79 Å². The lowest BCUT2D eigenvalue weighted by molar-refractivity contribution is -0.139. The number of carboxylic acid groups (broad SMARTS) is 1. The Morgan fingerprint density at radius 3 is 2.79 bits per heavy atom. The zero-order valence-corrected chi connectivity index (χ0v) is 17.0.